The zero-order valence-electron chi connectivity index (χ0n) is 10.5. The van der Waals surface area contributed by atoms with Gasteiger partial charge in [0.1, 0.15) is 0 Å². The molecule has 0 aromatic heterocycles. The molecule has 0 bridgehead atoms. The summed E-state index contributed by atoms with van der Waals surface area (Å²) in [6.07, 6.45) is 1.99. The van der Waals surface area contributed by atoms with Gasteiger partial charge in [0.2, 0.25) is 0 Å². The molecule has 0 atom stereocenters. The van der Waals surface area contributed by atoms with E-state index >= 15 is 0 Å². The SMILES string of the molecule is CCCCN(C)C(=O)c1ccc(SC(F)F)cc1. The number of benzene rings is 1. The van der Waals surface area contributed by atoms with Crippen LogP contribution in [0.3, 0.4) is 0 Å². The Morgan fingerprint density at radius 1 is 1.33 bits per heavy atom. The number of halogens is 2. The first-order valence-electron chi connectivity index (χ1n) is 5.85. The molecule has 1 amide bonds. The molecule has 0 heterocycles. The highest BCUT2D eigenvalue weighted by atomic mass is 32.2. The van der Waals surface area contributed by atoms with Gasteiger partial charge in [-0.2, -0.15) is 8.78 Å². The van der Waals surface area contributed by atoms with Crippen molar-refractivity contribution >= 4 is 17.7 Å². The molecule has 0 aliphatic carbocycles. The van der Waals surface area contributed by atoms with Crippen molar-refractivity contribution in [2.24, 2.45) is 0 Å². The zero-order chi connectivity index (χ0) is 13.5. The van der Waals surface area contributed by atoms with Gasteiger partial charge in [0.05, 0.1) is 0 Å². The molecule has 0 unspecified atom stereocenters. The Labute approximate surface area is 110 Å². The van der Waals surface area contributed by atoms with Crippen LogP contribution in [0, 0.1) is 0 Å². The molecule has 1 aromatic rings. The number of thioether (sulfide) groups is 1. The van der Waals surface area contributed by atoms with E-state index in [0.29, 0.717) is 28.8 Å². The van der Waals surface area contributed by atoms with Gasteiger partial charge in [0.15, 0.2) is 0 Å². The molecule has 0 saturated heterocycles. The van der Waals surface area contributed by atoms with Crippen LogP contribution in [0.2, 0.25) is 0 Å². The molecule has 100 valence electrons. The van der Waals surface area contributed by atoms with Crippen LogP contribution in [0.15, 0.2) is 29.2 Å². The van der Waals surface area contributed by atoms with Crippen molar-refractivity contribution in [2.75, 3.05) is 13.6 Å². The smallest absolute Gasteiger partial charge is 0.288 e. The normalized spacial score (nSPS) is 10.7. The van der Waals surface area contributed by atoms with Crippen LogP contribution in [-0.4, -0.2) is 30.2 Å². The van der Waals surface area contributed by atoms with E-state index < -0.39 is 5.76 Å². The molecular formula is C13H17F2NOS. The van der Waals surface area contributed by atoms with Gasteiger partial charge in [0, 0.05) is 24.1 Å². The average molecular weight is 273 g/mol. The molecule has 0 spiro atoms. The van der Waals surface area contributed by atoms with Gasteiger partial charge in [0.25, 0.3) is 11.7 Å². The van der Waals surface area contributed by atoms with Crippen molar-refractivity contribution in [1.29, 1.82) is 0 Å². The summed E-state index contributed by atoms with van der Waals surface area (Å²) in [6.45, 7) is 2.78. The maximum Gasteiger partial charge on any atom is 0.288 e. The first-order valence-corrected chi connectivity index (χ1v) is 6.73. The molecular weight excluding hydrogens is 256 g/mol. The third-order valence-electron chi connectivity index (χ3n) is 2.52. The zero-order valence-corrected chi connectivity index (χ0v) is 11.3. The molecule has 0 aliphatic heterocycles. The Balaban J connectivity index is 2.63. The maximum absolute atomic E-state index is 12.1. The largest absolute Gasteiger partial charge is 0.342 e. The van der Waals surface area contributed by atoms with Crippen LogP contribution in [-0.2, 0) is 0 Å². The van der Waals surface area contributed by atoms with Gasteiger partial charge >= 0.3 is 0 Å². The van der Waals surface area contributed by atoms with Gasteiger partial charge in [-0.05, 0) is 30.7 Å². The monoisotopic (exact) mass is 273 g/mol. The van der Waals surface area contributed by atoms with Crippen molar-refractivity contribution in [3.05, 3.63) is 29.8 Å². The number of unbranched alkanes of at least 4 members (excludes halogenated alkanes) is 1. The molecule has 2 nitrogen and oxygen atoms in total. The number of hydrogen-bond acceptors (Lipinski definition) is 2. The van der Waals surface area contributed by atoms with E-state index in [0.717, 1.165) is 12.8 Å². The van der Waals surface area contributed by atoms with Crippen molar-refractivity contribution in [3.63, 3.8) is 0 Å². The Bertz CT molecular complexity index is 381. The minimum atomic E-state index is -2.43. The summed E-state index contributed by atoms with van der Waals surface area (Å²) >= 11 is 0.483. The lowest BCUT2D eigenvalue weighted by Crippen LogP contribution is -2.27. The Hall–Kier alpha value is -1.10. The van der Waals surface area contributed by atoms with Crippen LogP contribution in [0.5, 0.6) is 0 Å². The van der Waals surface area contributed by atoms with E-state index in [1.54, 1.807) is 36.2 Å². The van der Waals surface area contributed by atoms with Crippen molar-refractivity contribution in [1.82, 2.24) is 4.90 Å². The summed E-state index contributed by atoms with van der Waals surface area (Å²) in [4.78, 5) is 14.1. The molecule has 18 heavy (non-hydrogen) atoms. The van der Waals surface area contributed by atoms with Crippen LogP contribution in [0.1, 0.15) is 30.1 Å². The highest BCUT2D eigenvalue weighted by Gasteiger charge is 2.11. The third-order valence-corrected chi connectivity index (χ3v) is 3.24. The van der Waals surface area contributed by atoms with E-state index in [2.05, 4.69) is 6.92 Å². The number of amides is 1. The lowest BCUT2D eigenvalue weighted by atomic mass is 10.2. The van der Waals surface area contributed by atoms with Crippen molar-refractivity contribution < 1.29 is 13.6 Å². The predicted octanol–water partition coefficient (Wildman–Crippen LogP) is 3.87. The van der Waals surface area contributed by atoms with E-state index in [9.17, 15) is 13.6 Å². The summed E-state index contributed by atoms with van der Waals surface area (Å²) in [5, 5.41) is 0. The summed E-state index contributed by atoms with van der Waals surface area (Å²) in [7, 11) is 1.75. The highest BCUT2D eigenvalue weighted by Crippen LogP contribution is 2.25. The highest BCUT2D eigenvalue weighted by molar-refractivity contribution is 7.99. The molecule has 1 rings (SSSR count). The molecule has 1 aromatic carbocycles. The number of carbonyl (C=O) groups is 1. The molecule has 0 N–H and O–H groups in total. The minimum Gasteiger partial charge on any atom is -0.342 e. The first kappa shape index (κ1) is 15.0. The molecule has 0 aliphatic rings. The second kappa shape index (κ2) is 7.36. The molecule has 0 saturated carbocycles. The number of rotatable bonds is 6. The summed E-state index contributed by atoms with van der Waals surface area (Å²) in [5.41, 5.74) is 0.534. The lowest BCUT2D eigenvalue weighted by molar-refractivity contribution is 0.0793. The van der Waals surface area contributed by atoms with Crippen LogP contribution >= 0.6 is 11.8 Å². The number of alkyl halides is 2. The lowest BCUT2D eigenvalue weighted by Gasteiger charge is -2.16. The topological polar surface area (TPSA) is 20.3 Å². The van der Waals surface area contributed by atoms with E-state index in [4.69, 9.17) is 0 Å². The van der Waals surface area contributed by atoms with Crippen molar-refractivity contribution in [3.8, 4) is 0 Å². The summed E-state index contributed by atoms with van der Waals surface area (Å²) in [5.74, 6) is -2.50. The van der Waals surface area contributed by atoms with E-state index in [1.807, 2.05) is 0 Å². The molecule has 5 heteroatoms. The number of carbonyl (C=O) groups excluding carboxylic acids is 1. The van der Waals surface area contributed by atoms with E-state index in [-0.39, 0.29) is 5.91 Å². The van der Waals surface area contributed by atoms with Gasteiger partial charge in [-0.25, -0.2) is 0 Å². The molecule has 0 fully saturated rings. The van der Waals surface area contributed by atoms with Crippen LogP contribution in [0.25, 0.3) is 0 Å². The van der Waals surface area contributed by atoms with Gasteiger partial charge in [-0.1, -0.05) is 25.1 Å². The standard InChI is InChI=1S/C13H17F2NOS/c1-3-4-9-16(2)12(17)10-5-7-11(8-6-10)18-13(14)15/h5-8,13H,3-4,9H2,1-2H3. The van der Waals surface area contributed by atoms with Gasteiger partial charge in [-0.15, -0.1) is 0 Å². The summed E-state index contributed by atoms with van der Waals surface area (Å²) < 4.78 is 24.3. The maximum atomic E-state index is 12.1. The second-order valence-corrected chi connectivity index (χ2v) is 5.05. The van der Waals surface area contributed by atoms with Crippen LogP contribution < -0.4 is 0 Å². The van der Waals surface area contributed by atoms with Crippen LogP contribution in [0.4, 0.5) is 8.78 Å². The van der Waals surface area contributed by atoms with E-state index in [1.165, 1.54) is 0 Å². The van der Waals surface area contributed by atoms with Gasteiger partial charge in [-0.3, -0.25) is 4.79 Å². The Kier molecular flexibility index (Phi) is 6.12. The predicted molar refractivity (Wildman–Crippen MR) is 70.2 cm³/mol. The number of hydrogen-bond donors (Lipinski definition) is 0. The fraction of sp³-hybridized carbons (Fsp3) is 0.462. The van der Waals surface area contributed by atoms with Gasteiger partial charge < -0.3 is 4.90 Å². The second-order valence-electron chi connectivity index (χ2n) is 3.98. The Morgan fingerprint density at radius 2 is 1.94 bits per heavy atom. The molecule has 0 radical (unpaired) electrons. The number of nitrogens with zero attached hydrogens (tertiary/aromatic N) is 1. The third kappa shape index (κ3) is 4.64. The average Bonchev–Trinajstić information content (AvgIpc) is 2.35. The fourth-order valence-electron chi connectivity index (χ4n) is 1.50. The Morgan fingerprint density at radius 3 is 2.44 bits per heavy atom. The first-order chi connectivity index (χ1) is 8.54. The summed E-state index contributed by atoms with van der Waals surface area (Å²) in [6, 6.07) is 6.29. The minimum absolute atomic E-state index is 0.0722. The quantitative estimate of drug-likeness (QED) is 0.733. The van der Waals surface area contributed by atoms with Crippen molar-refractivity contribution in [2.45, 2.75) is 30.4 Å². The fourth-order valence-corrected chi connectivity index (χ4v) is 2.00.